The van der Waals surface area contributed by atoms with Gasteiger partial charge in [0.15, 0.2) is 0 Å². The number of carboxylic acids is 1. The molecule has 0 radical (unpaired) electrons. The van der Waals surface area contributed by atoms with E-state index in [-0.39, 0.29) is 12.3 Å². The maximum Gasteiger partial charge on any atom is 0.317 e. The summed E-state index contributed by atoms with van der Waals surface area (Å²) in [5.41, 5.74) is 0. The van der Waals surface area contributed by atoms with E-state index in [0.29, 0.717) is 6.54 Å². The maximum atomic E-state index is 10.9. The van der Waals surface area contributed by atoms with Crippen molar-refractivity contribution in [1.29, 1.82) is 0 Å². The van der Waals surface area contributed by atoms with E-state index in [1.807, 2.05) is 0 Å². The molecule has 0 saturated heterocycles. The molecule has 0 rings (SSSR count). The van der Waals surface area contributed by atoms with Crippen molar-refractivity contribution in [3.8, 4) is 0 Å². The molecule has 1 atom stereocenters. The van der Waals surface area contributed by atoms with E-state index in [1.165, 1.54) is 11.8 Å². The Labute approximate surface area is 75.7 Å². The lowest BCUT2D eigenvalue weighted by Gasteiger charge is -2.07. The summed E-state index contributed by atoms with van der Waals surface area (Å²) in [5, 5.41) is 10.5. The van der Waals surface area contributed by atoms with E-state index in [9.17, 15) is 9.59 Å². The van der Waals surface area contributed by atoms with E-state index >= 15 is 0 Å². The summed E-state index contributed by atoms with van der Waals surface area (Å²) in [5.74, 6) is -1.15. The van der Waals surface area contributed by atoms with Gasteiger partial charge in [0.25, 0.3) is 0 Å². The van der Waals surface area contributed by atoms with Crippen LogP contribution in [0.4, 0.5) is 0 Å². The Morgan fingerprint density at radius 1 is 1.58 bits per heavy atom. The summed E-state index contributed by atoms with van der Waals surface area (Å²) in [6.45, 7) is 2.34. The molecule has 0 heterocycles. The zero-order valence-electron chi connectivity index (χ0n) is 7.16. The van der Waals surface area contributed by atoms with Crippen LogP contribution in [0.25, 0.3) is 0 Å². The first-order valence-corrected chi connectivity index (χ1v) is 4.92. The molecule has 0 saturated carbocycles. The molecule has 12 heavy (non-hydrogen) atoms. The van der Waals surface area contributed by atoms with Crippen LogP contribution in [0.3, 0.4) is 0 Å². The van der Waals surface area contributed by atoms with Crippen molar-refractivity contribution >= 4 is 23.6 Å². The number of hydrogen-bond donors (Lipinski definition) is 2. The molecule has 0 aliphatic rings. The van der Waals surface area contributed by atoms with Gasteiger partial charge in [-0.2, -0.15) is 0 Å². The highest BCUT2D eigenvalue weighted by Crippen LogP contribution is 2.10. The van der Waals surface area contributed by atoms with Crippen molar-refractivity contribution in [2.45, 2.75) is 18.6 Å². The zero-order valence-corrected chi connectivity index (χ0v) is 7.98. The van der Waals surface area contributed by atoms with E-state index < -0.39 is 11.2 Å². The Bertz CT molecular complexity index is 172. The minimum atomic E-state index is -0.936. The Balaban J connectivity index is 3.85. The second kappa shape index (κ2) is 5.88. The van der Waals surface area contributed by atoms with Gasteiger partial charge in [0.2, 0.25) is 5.91 Å². The smallest absolute Gasteiger partial charge is 0.317 e. The lowest BCUT2D eigenvalue weighted by molar-refractivity contribution is -0.138. The number of carboxylic acid groups (broad SMARTS) is 1. The number of aliphatic carboxylic acids is 1. The van der Waals surface area contributed by atoms with Gasteiger partial charge < -0.3 is 10.4 Å². The fraction of sp³-hybridized carbons (Fsp3) is 0.714. The average molecular weight is 191 g/mol. The molecule has 0 aromatic rings. The van der Waals surface area contributed by atoms with Gasteiger partial charge in [-0.3, -0.25) is 9.59 Å². The number of nitrogens with one attached hydrogen (secondary N) is 1. The highest BCUT2D eigenvalue weighted by Gasteiger charge is 2.18. The third-order valence-electron chi connectivity index (χ3n) is 1.30. The van der Waals surface area contributed by atoms with Gasteiger partial charge in [0.1, 0.15) is 5.25 Å². The lowest BCUT2D eigenvalue weighted by atomic mass is 10.3. The molecule has 1 unspecified atom stereocenters. The Morgan fingerprint density at radius 2 is 2.17 bits per heavy atom. The normalized spacial score (nSPS) is 12.2. The Kier molecular flexibility index (Phi) is 5.53. The van der Waals surface area contributed by atoms with Crippen molar-refractivity contribution in [2.24, 2.45) is 0 Å². The molecule has 0 aliphatic carbocycles. The van der Waals surface area contributed by atoms with Crippen LogP contribution in [0.1, 0.15) is 13.3 Å². The topological polar surface area (TPSA) is 66.4 Å². The molecule has 0 fully saturated rings. The van der Waals surface area contributed by atoms with Crippen LogP contribution < -0.4 is 5.32 Å². The molecular weight excluding hydrogens is 178 g/mol. The number of amides is 1. The molecule has 0 aliphatic heterocycles. The fourth-order valence-corrected chi connectivity index (χ4v) is 1.23. The summed E-state index contributed by atoms with van der Waals surface area (Å²) in [7, 11) is 0. The van der Waals surface area contributed by atoms with Gasteiger partial charge in [0, 0.05) is 13.0 Å². The first-order chi connectivity index (χ1) is 5.61. The molecule has 5 heteroatoms. The Morgan fingerprint density at radius 3 is 2.50 bits per heavy atom. The van der Waals surface area contributed by atoms with Crippen LogP contribution in [-0.4, -0.2) is 35.0 Å². The number of hydrogen-bond acceptors (Lipinski definition) is 3. The highest BCUT2D eigenvalue weighted by atomic mass is 32.2. The summed E-state index contributed by atoms with van der Waals surface area (Å²) in [6, 6.07) is 0. The first kappa shape index (κ1) is 11.3. The molecule has 0 aromatic heterocycles. The van der Waals surface area contributed by atoms with Crippen LogP contribution in [0, 0.1) is 0 Å². The number of thioether (sulfide) groups is 1. The van der Waals surface area contributed by atoms with Crippen molar-refractivity contribution in [2.75, 3.05) is 12.8 Å². The fourth-order valence-electron chi connectivity index (χ4n) is 0.709. The van der Waals surface area contributed by atoms with Gasteiger partial charge in [-0.1, -0.05) is 0 Å². The number of carbonyl (C=O) groups excluding carboxylic acids is 1. The Hall–Kier alpha value is -0.710. The number of carbonyl (C=O) groups is 2. The van der Waals surface area contributed by atoms with Gasteiger partial charge in [-0.15, -0.1) is 11.8 Å². The SMILES string of the molecule is CCNC(=O)CC(SC)C(=O)O. The van der Waals surface area contributed by atoms with E-state index in [4.69, 9.17) is 5.11 Å². The predicted molar refractivity (Wildman–Crippen MR) is 48.2 cm³/mol. The minimum absolute atomic E-state index is 0.0460. The number of rotatable bonds is 5. The third kappa shape index (κ3) is 4.23. The van der Waals surface area contributed by atoms with E-state index in [1.54, 1.807) is 13.2 Å². The second-order valence-corrected chi connectivity index (χ2v) is 3.26. The lowest BCUT2D eigenvalue weighted by Crippen LogP contribution is -2.29. The summed E-state index contributed by atoms with van der Waals surface area (Å²) >= 11 is 1.17. The first-order valence-electron chi connectivity index (χ1n) is 3.64. The molecule has 1 amide bonds. The standard InChI is InChI=1S/C7H13NO3S/c1-3-8-6(9)4-5(12-2)7(10)11/h5H,3-4H2,1-2H3,(H,8,9)(H,10,11). The average Bonchev–Trinajstić information content (AvgIpc) is 2.00. The molecule has 4 nitrogen and oxygen atoms in total. The summed E-state index contributed by atoms with van der Waals surface area (Å²) < 4.78 is 0. The van der Waals surface area contributed by atoms with Crippen LogP contribution >= 0.6 is 11.8 Å². The summed E-state index contributed by atoms with van der Waals surface area (Å²) in [6.07, 6.45) is 1.72. The van der Waals surface area contributed by atoms with Crippen LogP contribution in [0.15, 0.2) is 0 Å². The van der Waals surface area contributed by atoms with Gasteiger partial charge in [0.05, 0.1) is 0 Å². The molecule has 0 bridgehead atoms. The largest absolute Gasteiger partial charge is 0.480 e. The molecule has 0 aromatic carbocycles. The van der Waals surface area contributed by atoms with Crippen molar-refractivity contribution in [3.05, 3.63) is 0 Å². The van der Waals surface area contributed by atoms with Crippen molar-refractivity contribution < 1.29 is 14.7 Å². The molecule has 70 valence electrons. The van der Waals surface area contributed by atoms with E-state index in [0.717, 1.165) is 0 Å². The van der Waals surface area contributed by atoms with E-state index in [2.05, 4.69) is 5.32 Å². The minimum Gasteiger partial charge on any atom is -0.480 e. The highest BCUT2D eigenvalue weighted by molar-refractivity contribution is 7.99. The zero-order chi connectivity index (χ0) is 9.56. The molecular formula is C7H13NO3S. The third-order valence-corrected chi connectivity index (χ3v) is 2.24. The van der Waals surface area contributed by atoms with Gasteiger partial charge in [-0.25, -0.2) is 0 Å². The van der Waals surface area contributed by atoms with Crippen LogP contribution in [0.2, 0.25) is 0 Å². The predicted octanol–water partition coefficient (Wildman–Crippen LogP) is 0.329. The monoisotopic (exact) mass is 191 g/mol. The second-order valence-electron chi connectivity index (χ2n) is 2.22. The molecule has 0 spiro atoms. The maximum absolute atomic E-state index is 10.9. The van der Waals surface area contributed by atoms with Gasteiger partial charge >= 0.3 is 5.97 Å². The van der Waals surface area contributed by atoms with Crippen LogP contribution in [-0.2, 0) is 9.59 Å². The molecule has 2 N–H and O–H groups in total. The van der Waals surface area contributed by atoms with Crippen molar-refractivity contribution in [1.82, 2.24) is 5.32 Å². The quantitative estimate of drug-likeness (QED) is 0.657. The summed E-state index contributed by atoms with van der Waals surface area (Å²) in [4.78, 5) is 21.4. The van der Waals surface area contributed by atoms with Gasteiger partial charge in [-0.05, 0) is 13.2 Å². The van der Waals surface area contributed by atoms with Crippen molar-refractivity contribution in [3.63, 3.8) is 0 Å². The van der Waals surface area contributed by atoms with Crippen LogP contribution in [0.5, 0.6) is 0 Å².